The molecule has 2 aromatic heterocycles. The van der Waals surface area contributed by atoms with E-state index in [2.05, 4.69) is 15.3 Å². The highest BCUT2D eigenvalue weighted by molar-refractivity contribution is 6.03. The summed E-state index contributed by atoms with van der Waals surface area (Å²) in [6.45, 7) is 0. The maximum Gasteiger partial charge on any atom is 0.354 e. The maximum absolute atomic E-state index is 12.9. The highest BCUT2D eigenvalue weighted by Gasteiger charge is 2.10. The first-order valence-electron chi connectivity index (χ1n) is 5.18. The molecule has 6 nitrogen and oxygen atoms in total. The average Bonchev–Trinajstić information content (AvgIpc) is 2.39. The van der Waals surface area contributed by atoms with Gasteiger partial charge in [-0.05, 0) is 18.2 Å². The molecule has 7 heteroatoms. The number of hydrogen-bond donors (Lipinski definition) is 2. The first-order valence-corrected chi connectivity index (χ1v) is 5.18. The van der Waals surface area contributed by atoms with Crippen molar-refractivity contribution in [1.29, 1.82) is 0 Å². The fourth-order valence-electron chi connectivity index (χ4n) is 1.35. The molecule has 19 heavy (non-hydrogen) atoms. The Morgan fingerprint density at radius 3 is 2.74 bits per heavy atom. The van der Waals surface area contributed by atoms with E-state index in [1.54, 1.807) is 0 Å². The lowest BCUT2D eigenvalue weighted by atomic mass is 10.2. The number of carbonyl (C=O) groups is 2. The summed E-state index contributed by atoms with van der Waals surface area (Å²) in [6.07, 6.45) is 2.17. The minimum absolute atomic E-state index is 0.0162. The molecule has 0 saturated carbocycles. The van der Waals surface area contributed by atoms with Gasteiger partial charge in [0, 0.05) is 6.20 Å². The molecule has 2 N–H and O–H groups in total. The Balaban J connectivity index is 2.19. The number of aromatic nitrogens is 2. The Morgan fingerprint density at radius 1 is 1.26 bits per heavy atom. The molecule has 2 rings (SSSR count). The van der Waals surface area contributed by atoms with Crippen molar-refractivity contribution in [2.75, 3.05) is 5.32 Å². The van der Waals surface area contributed by atoms with Gasteiger partial charge in [0.1, 0.15) is 11.6 Å². The number of nitrogens with one attached hydrogen (secondary N) is 1. The summed E-state index contributed by atoms with van der Waals surface area (Å²) in [6, 6.07) is 5.18. The van der Waals surface area contributed by atoms with Crippen LogP contribution in [0.25, 0.3) is 0 Å². The van der Waals surface area contributed by atoms with Crippen LogP contribution in [0.1, 0.15) is 20.8 Å². The van der Waals surface area contributed by atoms with Gasteiger partial charge in [-0.1, -0.05) is 6.07 Å². The Hall–Kier alpha value is -2.83. The Labute approximate surface area is 106 Å². The number of halogens is 1. The van der Waals surface area contributed by atoms with Gasteiger partial charge >= 0.3 is 5.97 Å². The average molecular weight is 261 g/mol. The van der Waals surface area contributed by atoms with Crippen molar-refractivity contribution in [3.8, 4) is 0 Å². The number of hydrogen-bond acceptors (Lipinski definition) is 4. The topological polar surface area (TPSA) is 92.2 Å². The zero-order valence-electron chi connectivity index (χ0n) is 9.50. The molecule has 0 aliphatic carbocycles. The van der Waals surface area contributed by atoms with E-state index in [9.17, 15) is 14.0 Å². The maximum atomic E-state index is 12.9. The second-order valence-corrected chi connectivity index (χ2v) is 3.56. The lowest BCUT2D eigenvalue weighted by molar-refractivity contribution is 0.0690. The van der Waals surface area contributed by atoms with Crippen LogP contribution in [0.15, 0.2) is 36.7 Å². The minimum Gasteiger partial charge on any atom is -0.477 e. The zero-order chi connectivity index (χ0) is 13.8. The molecule has 0 saturated heterocycles. The molecule has 2 aromatic rings. The normalized spacial score (nSPS) is 9.95. The van der Waals surface area contributed by atoms with Crippen LogP contribution in [0.5, 0.6) is 0 Å². The van der Waals surface area contributed by atoms with E-state index in [4.69, 9.17) is 5.11 Å². The van der Waals surface area contributed by atoms with Gasteiger partial charge in [-0.2, -0.15) is 0 Å². The van der Waals surface area contributed by atoms with Crippen LogP contribution in [-0.2, 0) is 0 Å². The second-order valence-electron chi connectivity index (χ2n) is 3.56. The standard InChI is InChI=1S/C12H8FN3O3/c13-8-4-7(5-14-6-8)11(17)16-10-3-1-2-9(15-10)12(18)19/h1-6H,(H,18,19)(H,15,16,17). The first-order chi connectivity index (χ1) is 9.06. The highest BCUT2D eigenvalue weighted by atomic mass is 19.1. The molecule has 0 atom stereocenters. The van der Waals surface area contributed by atoms with E-state index in [0.717, 1.165) is 12.3 Å². The molecule has 1 amide bonds. The summed E-state index contributed by atoms with van der Waals surface area (Å²) < 4.78 is 12.9. The SMILES string of the molecule is O=C(Nc1cccc(C(=O)O)n1)c1cncc(F)c1. The van der Waals surface area contributed by atoms with Crippen LogP contribution in [0.2, 0.25) is 0 Å². The fraction of sp³-hybridized carbons (Fsp3) is 0. The van der Waals surface area contributed by atoms with Crippen LogP contribution in [0.4, 0.5) is 10.2 Å². The van der Waals surface area contributed by atoms with E-state index >= 15 is 0 Å². The molecule has 0 fully saturated rings. The van der Waals surface area contributed by atoms with E-state index in [1.807, 2.05) is 0 Å². The quantitative estimate of drug-likeness (QED) is 0.874. The van der Waals surface area contributed by atoms with E-state index in [-0.39, 0.29) is 17.1 Å². The number of amides is 1. The number of carboxylic acids is 1. The number of pyridine rings is 2. The van der Waals surface area contributed by atoms with Gasteiger partial charge in [0.25, 0.3) is 5.91 Å². The van der Waals surface area contributed by atoms with Crippen molar-refractivity contribution in [3.63, 3.8) is 0 Å². The third-order valence-electron chi connectivity index (χ3n) is 2.18. The van der Waals surface area contributed by atoms with Crippen molar-refractivity contribution in [2.45, 2.75) is 0 Å². The minimum atomic E-state index is -1.21. The summed E-state index contributed by atoms with van der Waals surface area (Å²) in [5, 5.41) is 11.1. The molecule has 0 bridgehead atoms. The number of carboxylic acid groups (broad SMARTS) is 1. The molecule has 96 valence electrons. The van der Waals surface area contributed by atoms with Crippen LogP contribution in [0, 0.1) is 5.82 Å². The number of carbonyl (C=O) groups excluding carboxylic acids is 1. The zero-order valence-corrected chi connectivity index (χ0v) is 9.50. The Morgan fingerprint density at radius 2 is 2.05 bits per heavy atom. The largest absolute Gasteiger partial charge is 0.477 e. The molecule has 2 heterocycles. The van der Waals surface area contributed by atoms with Crippen molar-refractivity contribution >= 4 is 17.7 Å². The van der Waals surface area contributed by atoms with Crippen molar-refractivity contribution < 1.29 is 19.1 Å². The van der Waals surface area contributed by atoms with Gasteiger partial charge in [-0.25, -0.2) is 14.2 Å². The summed E-state index contributed by atoms with van der Waals surface area (Å²) in [5.41, 5.74) is -0.183. The lowest BCUT2D eigenvalue weighted by Crippen LogP contribution is -2.14. The molecule has 0 radical (unpaired) electrons. The molecule has 0 spiro atoms. The molecule has 0 aliphatic rings. The number of aromatic carboxylic acids is 1. The fourth-order valence-corrected chi connectivity index (χ4v) is 1.35. The number of anilines is 1. The summed E-state index contributed by atoms with van der Waals surface area (Å²) in [4.78, 5) is 29.7. The van der Waals surface area contributed by atoms with Crippen molar-refractivity contribution in [3.05, 3.63) is 53.7 Å². The summed E-state index contributed by atoms with van der Waals surface area (Å²) >= 11 is 0. The third kappa shape index (κ3) is 3.09. The van der Waals surface area contributed by atoms with Crippen LogP contribution < -0.4 is 5.32 Å². The predicted octanol–water partition coefficient (Wildman–Crippen LogP) is 1.57. The van der Waals surface area contributed by atoms with Gasteiger partial charge in [0.05, 0.1) is 11.8 Å². The molecule has 0 unspecified atom stereocenters. The van der Waals surface area contributed by atoms with E-state index in [0.29, 0.717) is 0 Å². The second kappa shape index (κ2) is 5.21. The molecular formula is C12H8FN3O3. The van der Waals surface area contributed by atoms with Gasteiger partial charge in [0.15, 0.2) is 5.69 Å². The Kier molecular flexibility index (Phi) is 3.46. The lowest BCUT2D eigenvalue weighted by Gasteiger charge is -2.04. The monoisotopic (exact) mass is 261 g/mol. The predicted molar refractivity (Wildman–Crippen MR) is 63.3 cm³/mol. The summed E-state index contributed by atoms with van der Waals surface area (Å²) in [5.74, 6) is -2.40. The highest BCUT2D eigenvalue weighted by Crippen LogP contribution is 2.08. The number of nitrogens with zero attached hydrogens (tertiary/aromatic N) is 2. The van der Waals surface area contributed by atoms with Gasteiger partial charge in [-0.15, -0.1) is 0 Å². The molecular weight excluding hydrogens is 253 g/mol. The first kappa shape index (κ1) is 12.6. The third-order valence-corrected chi connectivity index (χ3v) is 2.18. The van der Waals surface area contributed by atoms with E-state index in [1.165, 1.54) is 24.4 Å². The van der Waals surface area contributed by atoms with Gasteiger partial charge < -0.3 is 10.4 Å². The smallest absolute Gasteiger partial charge is 0.354 e. The molecule has 0 aromatic carbocycles. The van der Waals surface area contributed by atoms with E-state index < -0.39 is 17.7 Å². The van der Waals surface area contributed by atoms with Crippen molar-refractivity contribution in [1.82, 2.24) is 9.97 Å². The Bertz CT molecular complexity index is 646. The van der Waals surface area contributed by atoms with Gasteiger partial charge in [0.2, 0.25) is 0 Å². The summed E-state index contributed by atoms with van der Waals surface area (Å²) in [7, 11) is 0. The van der Waals surface area contributed by atoms with Crippen molar-refractivity contribution in [2.24, 2.45) is 0 Å². The van der Waals surface area contributed by atoms with Gasteiger partial charge in [-0.3, -0.25) is 9.78 Å². The van der Waals surface area contributed by atoms with Crippen LogP contribution >= 0.6 is 0 Å². The van der Waals surface area contributed by atoms with Crippen LogP contribution in [-0.4, -0.2) is 27.0 Å². The number of rotatable bonds is 3. The molecule has 0 aliphatic heterocycles. The van der Waals surface area contributed by atoms with Crippen LogP contribution in [0.3, 0.4) is 0 Å².